The lowest BCUT2D eigenvalue weighted by Gasteiger charge is -2.05. The highest BCUT2D eigenvalue weighted by atomic mass is 79.9. The van der Waals surface area contributed by atoms with Gasteiger partial charge >= 0.3 is 0 Å². The van der Waals surface area contributed by atoms with Crippen LogP contribution in [0.3, 0.4) is 0 Å². The Morgan fingerprint density at radius 2 is 2.36 bits per heavy atom. The van der Waals surface area contributed by atoms with Crippen molar-refractivity contribution in [1.29, 1.82) is 0 Å². The van der Waals surface area contributed by atoms with Gasteiger partial charge in [-0.05, 0) is 34.1 Å². The number of amidine groups is 1. The number of hydrogen-bond acceptors (Lipinski definition) is 3. The summed E-state index contributed by atoms with van der Waals surface area (Å²) in [4.78, 5) is 4.30. The molecule has 0 saturated carbocycles. The van der Waals surface area contributed by atoms with Gasteiger partial charge in [0.2, 0.25) is 0 Å². The summed E-state index contributed by atoms with van der Waals surface area (Å²) in [6, 6.07) is 5.74. The molecule has 14 heavy (non-hydrogen) atoms. The Labute approximate surface area is 100 Å². The fourth-order valence-electron chi connectivity index (χ4n) is 1.11. The molecular formula is C9H8BrClN2S. The van der Waals surface area contributed by atoms with Gasteiger partial charge in [0.15, 0.2) is 5.17 Å². The summed E-state index contributed by atoms with van der Waals surface area (Å²) in [5, 5.41) is 4.94. The predicted octanol–water partition coefficient (Wildman–Crippen LogP) is 3.62. The molecule has 0 radical (unpaired) electrons. The molecule has 1 N–H and O–H groups in total. The number of anilines is 1. The fraction of sp³-hybridized carbons (Fsp3) is 0.222. The number of hydrogen-bond donors (Lipinski definition) is 1. The van der Waals surface area contributed by atoms with Crippen LogP contribution in [0.15, 0.2) is 27.7 Å². The zero-order valence-corrected chi connectivity index (χ0v) is 10.4. The molecule has 74 valence electrons. The van der Waals surface area contributed by atoms with Crippen LogP contribution in [0.25, 0.3) is 0 Å². The monoisotopic (exact) mass is 290 g/mol. The number of nitrogens with zero attached hydrogens (tertiary/aromatic N) is 1. The van der Waals surface area contributed by atoms with E-state index in [4.69, 9.17) is 11.6 Å². The van der Waals surface area contributed by atoms with Crippen molar-refractivity contribution in [3.8, 4) is 0 Å². The summed E-state index contributed by atoms with van der Waals surface area (Å²) in [6.45, 7) is 0.905. The summed E-state index contributed by atoms with van der Waals surface area (Å²) in [5.74, 6) is 1.07. The first-order valence-corrected chi connectivity index (χ1v) is 6.31. The van der Waals surface area contributed by atoms with E-state index in [9.17, 15) is 0 Å². The molecule has 1 heterocycles. The topological polar surface area (TPSA) is 24.4 Å². The summed E-state index contributed by atoms with van der Waals surface area (Å²) in [5.41, 5.74) is 1.01. The van der Waals surface area contributed by atoms with Gasteiger partial charge in [0.05, 0.1) is 11.6 Å². The predicted molar refractivity (Wildman–Crippen MR) is 67.5 cm³/mol. The normalized spacial score (nSPS) is 15.4. The molecule has 0 fully saturated rings. The lowest BCUT2D eigenvalue weighted by Crippen LogP contribution is -2.04. The van der Waals surface area contributed by atoms with Gasteiger partial charge in [-0.3, -0.25) is 4.99 Å². The molecule has 1 aliphatic rings. The van der Waals surface area contributed by atoms with Crippen LogP contribution in [-0.4, -0.2) is 17.5 Å². The van der Waals surface area contributed by atoms with Gasteiger partial charge in [-0.25, -0.2) is 0 Å². The first kappa shape index (κ1) is 10.3. The molecule has 0 spiro atoms. The van der Waals surface area contributed by atoms with E-state index in [1.165, 1.54) is 0 Å². The van der Waals surface area contributed by atoms with Gasteiger partial charge in [-0.15, -0.1) is 0 Å². The van der Waals surface area contributed by atoms with Crippen molar-refractivity contribution in [3.63, 3.8) is 0 Å². The lowest BCUT2D eigenvalue weighted by atomic mass is 10.3. The molecule has 0 aromatic heterocycles. The van der Waals surface area contributed by atoms with Crippen molar-refractivity contribution in [2.24, 2.45) is 4.99 Å². The van der Waals surface area contributed by atoms with Gasteiger partial charge in [0.1, 0.15) is 0 Å². The van der Waals surface area contributed by atoms with Crippen molar-refractivity contribution >= 4 is 50.1 Å². The van der Waals surface area contributed by atoms with Crippen LogP contribution >= 0.6 is 39.3 Å². The zero-order chi connectivity index (χ0) is 9.97. The van der Waals surface area contributed by atoms with Gasteiger partial charge in [0, 0.05) is 15.9 Å². The quantitative estimate of drug-likeness (QED) is 0.854. The number of thioether (sulfide) groups is 1. The van der Waals surface area contributed by atoms with E-state index >= 15 is 0 Å². The van der Waals surface area contributed by atoms with E-state index in [0.29, 0.717) is 0 Å². The van der Waals surface area contributed by atoms with Gasteiger partial charge in [-0.1, -0.05) is 23.4 Å². The number of halogens is 2. The van der Waals surface area contributed by atoms with Crippen molar-refractivity contribution in [1.82, 2.24) is 0 Å². The van der Waals surface area contributed by atoms with Crippen LogP contribution < -0.4 is 5.32 Å². The summed E-state index contributed by atoms with van der Waals surface area (Å²) in [6.07, 6.45) is 0. The number of aliphatic imine (C=N–C) groups is 1. The van der Waals surface area contributed by atoms with Crippen LogP contribution in [-0.2, 0) is 0 Å². The molecule has 0 amide bonds. The van der Waals surface area contributed by atoms with Crippen LogP contribution in [0.4, 0.5) is 5.69 Å². The van der Waals surface area contributed by atoms with E-state index in [-0.39, 0.29) is 0 Å². The largest absolute Gasteiger partial charge is 0.335 e. The average Bonchev–Trinajstić information content (AvgIpc) is 2.64. The molecular weight excluding hydrogens is 284 g/mol. The number of nitrogens with one attached hydrogen (secondary N) is 1. The Kier molecular flexibility index (Phi) is 3.36. The smallest absolute Gasteiger partial charge is 0.161 e. The Morgan fingerprint density at radius 3 is 3.00 bits per heavy atom. The standard InChI is InChI=1S/C9H8BrClN2S/c10-7-5-6(1-2-8(7)11)13-9-12-3-4-14-9/h1-2,5H,3-4H2,(H,12,13). The molecule has 0 bridgehead atoms. The first-order chi connectivity index (χ1) is 6.75. The average molecular weight is 292 g/mol. The van der Waals surface area contributed by atoms with E-state index in [1.807, 2.05) is 18.2 Å². The molecule has 1 aromatic rings. The number of rotatable bonds is 1. The highest BCUT2D eigenvalue weighted by molar-refractivity contribution is 9.10. The van der Waals surface area contributed by atoms with Gasteiger partial charge < -0.3 is 5.32 Å². The van der Waals surface area contributed by atoms with Crippen LogP contribution in [0.2, 0.25) is 5.02 Å². The maximum atomic E-state index is 5.89. The van der Waals surface area contributed by atoms with E-state index in [0.717, 1.165) is 32.6 Å². The Bertz CT molecular complexity index is 381. The molecule has 0 atom stereocenters. The van der Waals surface area contributed by atoms with Crippen molar-refractivity contribution in [2.45, 2.75) is 0 Å². The molecule has 2 nitrogen and oxygen atoms in total. The molecule has 1 aliphatic heterocycles. The van der Waals surface area contributed by atoms with E-state index < -0.39 is 0 Å². The molecule has 0 unspecified atom stereocenters. The minimum atomic E-state index is 0.719. The summed E-state index contributed by atoms with van der Waals surface area (Å²) < 4.78 is 0.896. The maximum Gasteiger partial charge on any atom is 0.161 e. The van der Waals surface area contributed by atoms with Crippen LogP contribution in [0, 0.1) is 0 Å². The third kappa shape index (κ3) is 2.43. The Hall–Kier alpha value is -0.190. The molecule has 0 saturated heterocycles. The third-order valence-corrected chi connectivity index (χ3v) is 3.86. The second-order valence-electron chi connectivity index (χ2n) is 2.79. The van der Waals surface area contributed by atoms with Gasteiger partial charge in [0.25, 0.3) is 0 Å². The van der Waals surface area contributed by atoms with E-state index in [1.54, 1.807) is 11.8 Å². The Morgan fingerprint density at radius 1 is 1.50 bits per heavy atom. The minimum Gasteiger partial charge on any atom is -0.335 e. The highest BCUT2D eigenvalue weighted by Gasteiger charge is 2.07. The zero-order valence-electron chi connectivity index (χ0n) is 7.26. The molecule has 5 heteroatoms. The third-order valence-electron chi connectivity index (χ3n) is 1.76. The highest BCUT2D eigenvalue weighted by Crippen LogP contribution is 2.26. The van der Waals surface area contributed by atoms with E-state index in [2.05, 4.69) is 26.2 Å². The second-order valence-corrected chi connectivity index (χ2v) is 5.13. The minimum absolute atomic E-state index is 0.719. The van der Waals surface area contributed by atoms with Crippen LogP contribution in [0.5, 0.6) is 0 Å². The molecule has 0 aliphatic carbocycles. The Balaban J connectivity index is 2.13. The molecule has 2 rings (SSSR count). The summed E-state index contributed by atoms with van der Waals surface area (Å²) >= 11 is 11.0. The molecule has 1 aromatic carbocycles. The number of benzene rings is 1. The van der Waals surface area contributed by atoms with Crippen molar-refractivity contribution in [2.75, 3.05) is 17.6 Å². The second kappa shape index (κ2) is 4.55. The van der Waals surface area contributed by atoms with Crippen molar-refractivity contribution in [3.05, 3.63) is 27.7 Å². The SMILES string of the molecule is Clc1ccc(NC2=NCCS2)cc1Br. The maximum absolute atomic E-state index is 5.89. The van der Waals surface area contributed by atoms with Crippen molar-refractivity contribution < 1.29 is 0 Å². The first-order valence-electron chi connectivity index (χ1n) is 4.15. The van der Waals surface area contributed by atoms with Gasteiger partial charge in [-0.2, -0.15) is 0 Å². The van der Waals surface area contributed by atoms with Crippen LogP contribution in [0.1, 0.15) is 0 Å². The lowest BCUT2D eigenvalue weighted by molar-refractivity contribution is 1.17. The fourth-order valence-corrected chi connectivity index (χ4v) is 2.35. The summed E-state index contributed by atoms with van der Waals surface area (Å²) in [7, 11) is 0.